The van der Waals surface area contributed by atoms with E-state index in [0.717, 1.165) is 19.5 Å². The molecule has 17 heavy (non-hydrogen) atoms. The lowest BCUT2D eigenvalue weighted by molar-refractivity contribution is -0.127. The number of rotatable bonds is 4. The van der Waals surface area contributed by atoms with E-state index in [9.17, 15) is 4.79 Å². The van der Waals surface area contributed by atoms with Gasteiger partial charge in [-0.1, -0.05) is 36.8 Å². The third-order valence-electron chi connectivity index (χ3n) is 3.36. The first-order valence-corrected chi connectivity index (χ1v) is 6.28. The second-order valence-corrected chi connectivity index (χ2v) is 4.74. The van der Waals surface area contributed by atoms with Crippen LogP contribution in [0.1, 0.15) is 30.5 Å². The number of amides is 1. The summed E-state index contributed by atoms with van der Waals surface area (Å²) in [6.45, 7) is 5.81. The Morgan fingerprint density at radius 1 is 1.41 bits per heavy atom. The van der Waals surface area contributed by atoms with Crippen LogP contribution in [-0.2, 0) is 4.79 Å². The van der Waals surface area contributed by atoms with Crippen LogP contribution < -0.4 is 10.6 Å². The van der Waals surface area contributed by atoms with E-state index in [1.807, 2.05) is 0 Å². The molecule has 1 aliphatic rings. The maximum absolute atomic E-state index is 11.9. The Bertz CT molecular complexity index is 382. The number of nitrogens with one attached hydrogen (secondary N) is 2. The van der Waals surface area contributed by atoms with Gasteiger partial charge in [0, 0.05) is 13.1 Å². The second-order valence-electron chi connectivity index (χ2n) is 4.74. The minimum Gasteiger partial charge on any atom is -0.349 e. The van der Waals surface area contributed by atoms with E-state index in [2.05, 4.69) is 48.7 Å². The predicted molar refractivity (Wildman–Crippen MR) is 68.7 cm³/mol. The fourth-order valence-corrected chi connectivity index (χ4v) is 1.98. The molecule has 0 spiro atoms. The Kier molecular flexibility index (Phi) is 3.79. The molecule has 1 aromatic rings. The smallest absolute Gasteiger partial charge is 0.226 e. The molecule has 1 fully saturated rings. The highest BCUT2D eigenvalue weighted by Crippen LogP contribution is 2.18. The molecular weight excluding hydrogens is 212 g/mol. The van der Waals surface area contributed by atoms with Gasteiger partial charge in [0.1, 0.15) is 0 Å². The van der Waals surface area contributed by atoms with Crippen molar-refractivity contribution in [1.82, 2.24) is 10.6 Å². The molecule has 2 rings (SSSR count). The summed E-state index contributed by atoms with van der Waals surface area (Å²) < 4.78 is 0. The summed E-state index contributed by atoms with van der Waals surface area (Å²) in [5, 5.41) is 6.25. The van der Waals surface area contributed by atoms with E-state index in [1.54, 1.807) is 0 Å². The molecule has 0 radical (unpaired) electrons. The molecule has 0 bridgehead atoms. The Morgan fingerprint density at radius 2 is 2.06 bits per heavy atom. The van der Waals surface area contributed by atoms with Gasteiger partial charge in [0.05, 0.1) is 12.0 Å². The first kappa shape index (κ1) is 12.1. The van der Waals surface area contributed by atoms with Crippen LogP contribution in [0.15, 0.2) is 24.3 Å². The minimum atomic E-state index is 0.142. The first-order valence-electron chi connectivity index (χ1n) is 6.28. The van der Waals surface area contributed by atoms with Gasteiger partial charge in [0.2, 0.25) is 5.91 Å². The topological polar surface area (TPSA) is 41.1 Å². The van der Waals surface area contributed by atoms with E-state index in [-0.39, 0.29) is 17.9 Å². The van der Waals surface area contributed by atoms with E-state index in [1.165, 1.54) is 11.1 Å². The van der Waals surface area contributed by atoms with Gasteiger partial charge >= 0.3 is 0 Å². The van der Waals surface area contributed by atoms with Gasteiger partial charge in [0.25, 0.3) is 0 Å². The highest BCUT2D eigenvalue weighted by atomic mass is 16.2. The van der Waals surface area contributed by atoms with E-state index in [4.69, 9.17) is 0 Å². The average molecular weight is 232 g/mol. The van der Waals surface area contributed by atoms with Crippen molar-refractivity contribution in [1.29, 1.82) is 0 Å². The van der Waals surface area contributed by atoms with Crippen molar-refractivity contribution in [3.63, 3.8) is 0 Å². The standard InChI is InChI=1S/C14H20N2O/c1-3-13(11-6-4-10(2)5-7-11)16-14(17)12-8-15-9-12/h4-7,12-13,15H,3,8-9H2,1-2H3,(H,16,17). The average Bonchev–Trinajstić information content (AvgIpc) is 2.25. The molecule has 1 aromatic carbocycles. The maximum Gasteiger partial charge on any atom is 0.226 e. The number of carbonyl (C=O) groups excluding carboxylic acids is 1. The summed E-state index contributed by atoms with van der Waals surface area (Å²) in [6, 6.07) is 8.53. The molecular formula is C14H20N2O. The lowest BCUT2D eigenvalue weighted by Gasteiger charge is -2.28. The van der Waals surface area contributed by atoms with Gasteiger partial charge in [-0.3, -0.25) is 4.79 Å². The van der Waals surface area contributed by atoms with Crippen molar-refractivity contribution >= 4 is 5.91 Å². The number of benzene rings is 1. The largest absolute Gasteiger partial charge is 0.349 e. The summed E-state index contributed by atoms with van der Waals surface area (Å²) in [4.78, 5) is 11.9. The van der Waals surface area contributed by atoms with Crippen molar-refractivity contribution in [3.8, 4) is 0 Å². The van der Waals surface area contributed by atoms with Crippen molar-refractivity contribution in [3.05, 3.63) is 35.4 Å². The molecule has 1 unspecified atom stereocenters. The SMILES string of the molecule is CCC(NC(=O)C1CNC1)c1ccc(C)cc1. The van der Waals surface area contributed by atoms with Crippen LogP contribution in [0, 0.1) is 12.8 Å². The van der Waals surface area contributed by atoms with E-state index < -0.39 is 0 Å². The van der Waals surface area contributed by atoms with Gasteiger partial charge in [-0.15, -0.1) is 0 Å². The van der Waals surface area contributed by atoms with Gasteiger partial charge in [0.15, 0.2) is 0 Å². The van der Waals surface area contributed by atoms with E-state index in [0.29, 0.717) is 0 Å². The molecule has 0 aliphatic carbocycles. The van der Waals surface area contributed by atoms with Crippen LogP contribution in [0.3, 0.4) is 0 Å². The molecule has 1 amide bonds. The van der Waals surface area contributed by atoms with Crippen molar-refractivity contribution in [2.75, 3.05) is 13.1 Å². The zero-order chi connectivity index (χ0) is 12.3. The monoisotopic (exact) mass is 232 g/mol. The highest BCUT2D eigenvalue weighted by molar-refractivity contribution is 5.80. The van der Waals surface area contributed by atoms with Crippen LogP contribution in [0.5, 0.6) is 0 Å². The Morgan fingerprint density at radius 3 is 2.53 bits per heavy atom. The Hall–Kier alpha value is -1.35. The Balaban J connectivity index is 2.00. The van der Waals surface area contributed by atoms with Gasteiger partial charge in [-0.2, -0.15) is 0 Å². The highest BCUT2D eigenvalue weighted by Gasteiger charge is 2.26. The number of hydrogen-bond donors (Lipinski definition) is 2. The fourth-order valence-electron chi connectivity index (χ4n) is 1.98. The summed E-state index contributed by atoms with van der Waals surface area (Å²) in [5.41, 5.74) is 2.44. The van der Waals surface area contributed by atoms with Crippen LogP contribution in [0.2, 0.25) is 0 Å². The Labute approximate surface area is 103 Å². The second kappa shape index (κ2) is 5.32. The first-order chi connectivity index (χ1) is 8.20. The third-order valence-corrected chi connectivity index (χ3v) is 3.36. The summed E-state index contributed by atoms with van der Waals surface area (Å²) in [6.07, 6.45) is 0.926. The molecule has 3 heteroatoms. The molecule has 1 saturated heterocycles. The van der Waals surface area contributed by atoms with Crippen LogP contribution in [0.4, 0.5) is 0 Å². The summed E-state index contributed by atoms with van der Waals surface area (Å²) in [5.74, 6) is 0.339. The molecule has 1 atom stereocenters. The van der Waals surface area contributed by atoms with Crippen LogP contribution in [-0.4, -0.2) is 19.0 Å². The van der Waals surface area contributed by atoms with E-state index >= 15 is 0 Å². The third kappa shape index (κ3) is 2.86. The lowest BCUT2D eigenvalue weighted by Crippen LogP contribution is -2.51. The van der Waals surface area contributed by atoms with Crippen molar-refractivity contribution in [2.45, 2.75) is 26.3 Å². The molecule has 92 valence electrons. The molecule has 0 aromatic heterocycles. The molecule has 3 nitrogen and oxygen atoms in total. The van der Waals surface area contributed by atoms with Gasteiger partial charge in [-0.25, -0.2) is 0 Å². The molecule has 1 aliphatic heterocycles. The van der Waals surface area contributed by atoms with Crippen molar-refractivity contribution in [2.24, 2.45) is 5.92 Å². The number of carbonyl (C=O) groups is 1. The zero-order valence-electron chi connectivity index (χ0n) is 10.5. The molecule has 1 heterocycles. The predicted octanol–water partition coefficient (Wildman–Crippen LogP) is 1.78. The van der Waals surface area contributed by atoms with Crippen LogP contribution >= 0.6 is 0 Å². The normalized spacial score (nSPS) is 17.3. The maximum atomic E-state index is 11.9. The summed E-state index contributed by atoms with van der Waals surface area (Å²) >= 11 is 0. The lowest BCUT2D eigenvalue weighted by atomic mass is 9.99. The van der Waals surface area contributed by atoms with Gasteiger partial charge in [-0.05, 0) is 18.9 Å². The molecule has 2 N–H and O–H groups in total. The van der Waals surface area contributed by atoms with Crippen molar-refractivity contribution < 1.29 is 4.79 Å². The number of hydrogen-bond acceptors (Lipinski definition) is 2. The quantitative estimate of drug-likeness (QED) is 0.831. The fraction of sp³-hybridized carbons (Fsp3) is 0.500. The molecule has 0 saturated carbocycles. The van der Waals surface area contributed by atoms with Crippen LogP contribution in [0.25, 0.3) is 0 Å². The zero-order valence-corrected chi connectivity index (χ0v) is 10.5. The minimum absolute atomic E-state index is 0.142. The number of aryl methyl sites for hydroxylation is 1. The van der Waals surface area contributed by atoms with Gasteiger partial charge < -0.3 is 10.6 Å². The summed E-state index contributed by atoms with van der Waals surface area (Å²) in [7, 11) is 0.